The zero-order chi connectivity index (χ0) is 15.9. The summed E-state index contributed by atoms with van der Waals surface area (Å²) in [7, 11) is 0. The van der Waals surface area contributed by atoms with E-state index in [0.29, 0.717) is 11.7 Å². The van der Waals surface area contributed by atoms with Gasteiger partial charge in [-0.15, -0.1) is 0 Å². The van der Waals surface area contributed by atoms with Crippen molar-refractivity contribution in [3.05, 3.63) is 24.2 Å². The maximum Gasteiger partial charge on any atom is 0.258 e. The SMILES string of the molecule is CC1CCN(c2cc(-c3nc(C4(N)CCCC4)no3)ccn2)C1. The first-order chi connectivity index (χ1) is 11.1. The smallest absolute Gasteiger partial charge is 0.258 e. The summed E-state index contributed by atoms with van der Waals surface area (Å²) in [6.07, 6.45) is 7.15. The lowest BCUT2D eigenvalue weighted by atomic mass is 9.99. The molecule has 1 saturated carbocycles. The average molecular weight is 313 g/mol. The van der Waals surface area contributed by atoms with Gasteiger partial charge in [-0.25, -0.2) is 4.98 Å². The van der Waals surface area contributed by atoms with Crippen molar-refractivity contribution >= 4 is 5.82 Å². The van der Waals surface area contributed by atoms with Crippen LogP contribution in [-0.4, -0.2) is 28.2 Å². The fourth-order valence-electron chi connectivity index (χ4n) is 3.64. The average Bonchev–Trinajstić information content (AvgIpc) is 3.28. The van der Waals surface area contributed by atoms with Crippen LogP contribution < -0.4 is 10.6 Å². The van der Waals surface area contributed by atoms with Crippen molar-refractivity contribution in [1.29, 1.82) is 0 Å². The van der Waals surface area contributed by atoms with E-state index < -0.39 is 5.54 Å². The maximum atomic E-state index is 6.41. The molecule has 2 aliphatic rings. The summed E-state index contributed by atoms with van der Waals surface area (Å²) in [5, 5.41) is 4.14. The van der Waals surface area contributed by atoms with Crippen molar-refractivity contribution in [2.75, 3.05) is 18.0 Å². The first-order valence-corrected chi connectivity index (χ1v) is 8.48. The normalized spacial score (nSPS) is 23.6. The van der Waals surface area contributed by atoms with Crippen molar-refractivity contribution < 1.29 is 4.52 Å². The Balaban J connectivity index is 1.60. The molecule has 1 aliphatic carbocycles. The van der Waals surface area contributed by atoms with Gasteiger partial charge in [0.2, 0.25) is 0 Å². The summed E-state index contributed by atoms with van der Waals surface area (Å²) in [6, 6.07) is 3.95. The summed E-state index contributed by atoms with van der Waals surface area (Å²) in [4.78, 5) is 11.4. The molecule has 0 amide bonds. The van der Waals surface area contributed by atoms with Crippen LogP contribution in [0.25, 0.3) is 11.5 Å². The molecule has 2 aromatic heterocycles. The molecule has 1 atom stereocenters. The van der Waals surface area contributed by atoms with Gasteiger partial charge in [0.1, 0.15) is 5.82 Å². The Labute approximate surface area is 136 Å². The third-order valence-corrected chi connectivity index (χ3v) is 5.11. The predicted molar refractivity (Wildman–Crippen MR) is 87.9 cm³/mol. The highest BCUT2D eigenvalue weighted by Gasteiger charge is 2.36. The van der Waals surface area contributed by atoms with Crippen molar-refractivity contribution in [1.82, 2.24) is 15.1 Å². The molecule has 2 N–H and O–H groups in total. The molecule has 2 fully saturated rings. The molecule has 0 aromatic carbocycles. The summed E-state index contributed by atoms with van der Waals surface area (Å²) in [5.41, 5.74) is 6.91. The maximum absolute atomic E-state index is 6.41. The summed E-state index contributed by atoms with van der Waals surface area (Å²) in [6.45, 7) is 4.38. The highest BCUT2D eigenvalue weighted by atomic mass is 16.5. The second kappa shape index (κ2) is 5.60. The lowest BCUT2D eigenvalue weighted by molar-refractivity contribution is 0.372. The van der Waals surface area contributed by atoms with Gasteiger partial charge in [-0.2, -0.15) is 4.98 Å². The monoisotopic (exact) mass is 313 g/mol. The van der Waals surface area contributed by atoms with Crippen molar-refractivity contribution in [2.24, 2.45) is 11.7 Å². The van der Waals surface area contributed by atoms with Gasteiger partial charge < -0.3 is 15.2 Å². The van der Waals surface area contributed by atoms with Crippen molar-refractivity contribution in [2.45, 2.75) is 44.6 Å². The van der Waals surface area contributed by atoms with Crippen LogP contribution in [0.4, 0.5) is 5.82 Å². The molecular formula is C17H23N5O. The number of pyridine rings is 1. The van der Waals surface area contributed by atoms with Crippen LogP contribution in [0.1, 0.15) is 44.9 Å². The van der Waals surface area contributed by atoms with Crippen LogP contribution in [0.2, 0.25) is 0 Å². The van der Waals surface area contributed by atoms with E-state index in [1.807, 2.05) is 18.3 Å². The quantitative estimate of drug-likeness (QED) is 0.938. The van der Waals surface area contributed by atoms with E-state index in [-0.39, 0.29) is 0 Å². The Morgan fingerprint density at radius 2 is 2.17 bits per heavy atom. The highest BCUT2D eigenvalue weighted by molar-refractivity contribution is 5.59. The summed E-state index contributed by atoms with van der Waals surface area (Å²) in [5.74, 6) is 2.87. The lowest BCUT2D eigenvalue weighted by Crippen LogP contribution is -2.34. The highest BCUT2D eigenvalue weighted by Crippen LogP contribution is 2.35. The van der Waals surface area contributed by atoms with Crippen LogP contribution in [0.15, 0.2) is 22.9 Å². The van der Waals surface area contributed by atoms with Gasteiger partial charge in [0.15, 0.2) is 5.82 Å². The van der Waals surface area contributed by atoms with Crippen LogP contribution in [-0.2, 0) is 5.54 Å². The topological polar surface area (TPSA) is 81.1 Å². The molecule has 6 nitrogen and oxygen atoms in total. The van der Waals surface area contributed by atoms with Crippen LogP contribution in [0.3, 0.4) is 0 Å². The molecule has 0 bridgehead atoms. The third kappa shape index (κ3) is 2.72. The Morgan fingerprint density at radius 1 is 1.35 bits per heavy atom. The number of rotatable bonds is 3. The number of aromatic nitrogens is 3. The zero-order valence-corrected chi connectivity index (χ0v) is 13.5. The number of nitrogens with two attached hydrogens (primary N) is 1. The van der Waals surface area contributed by atoms with Crippen molar-refractivity contribution in [3.63, 3.8) is 0 Å². The minimum Gasteiger partial charge on any atom is -0.356 e. The molecule has 1 saturated heterocycles. The van der Waals surface area contributed by atoms with E-state index in [4.69, 9.17) is 10.3 Å². The van der Waals surface area contributed by atoms with E-state index in [1.165, 1.54) is 6.42 Å². The first kappa shape index (κ1) is 14.6. The number of nitrogens with zero attached hydrogens (tertiary/aromatic N) is 4. The standard InChI is InChI=1S/C17H23N5O/c1-12-5-9-22(11-12)14-10-13(4-8-19-14)15-20-16(21-23-15)17(18)6-2-3-7-17/h4,8,10,12H,2-3,5-7,9,11,18H2,1H3. The molecule has 1 unspecified atom stereocenters. The molecule has 1 aliphatic heterocycles. The Bertz CT molecular complexity index is 692. The number of hydrogen-bond donors (Lipinski definition) is 1. The van der Waals surface area contributed by atoms with Crippen LogP contribution in [0, 0.1) is 5.92 Å². The van der Waals surface area contributed by atoms with E-state index >= 15 is 0 Å². The van der Waals surface area contributed by atoms with Crippen LogP contribution in [0.5, 0.6) is 0 Å². The fourth-order valence-corrected chi connectivity index (χ4v) is 3.64. The number of anilines is 1. The Kier molecular flexibility index (Phi) is 3.56. The van der Waals surface area contributed by atoms with Crippen LogP contribution >= 0.6 is 0 Å². The van der Waals surface area contributed by atoms with E-state index in [0.717, 1.165) is 56.1 Å². The molecule has 23 heavy (non-hydrogen) atoms. The zero-order valence-electron chi connectivity index (χ0n) is 13.5. The van der Waals surface area contributed by atoms with Gasteiger partial charge in [-0.3, -0.25) is 0 Å². The van der Waals surface area contributed by atoms with Gasteiger partial charge >= 0.3 is 0 Å². The summed E-state index contributed by atoms with van der Waals surface area (Å²) >= 11 is 0. The Hall–Kier alpha value is -1.95. The fraction of sp³-hybridized carbons (Fsp3) is 0.588. The third-order valence-electron chi connectivity index (χ3n) is 5.11. The lowest BCUT2D eigenvalue weighted by Gasteiger charge is -2.18. The first-order valence-electron chi connectivity index (χ1n) is 8.48. The summed E-state index contributed by atoms with van der Waals surface area (Å²) < 4.78 is 5.48. The molecule has 2 aromatic rings. The molecule has 6 heteroatoms. The molecule has 122 valence electrons. The van der Waals surface area contributed by atoms with Crippen molar-refractivity contribution in [3.8, 4) is 11.5 Å². The predicted octanol–water partition coefficient (Wildman–Crippen LogP) is 2.71. The van der Waals surface area contributed by atoms with Gasteiger partial charge in [-0.1, -0.05) is 24.9 Å². The van der Waals surface area contributed by atoms with Gasteiger partial charge in [-0.05, 0) is 37.3 Å². The second-order valence-corrected chi connectivity index (χ2v) is 7.03. The molecule has 0 radical (unpaired) electrons. The molecule has 3 heterocycles. The van der Waals surface area contributed by atoms with E-state index in [2.05, 4.69) is 26.9 Å². The minimum atomic E-state index is -0.415. The van der Waals surface area contributed by atoms with E-state index in [1.54, 1.807) is 0 Å². The Morgan fingerprint density at radius 3 is 2.91 bits per heavy atom. The van der Waals surface area contributed by atoms with Gasteiger partial charge in [0.05, 0.1) is 5.54 Å². The second-order valence-electron chi connectivity index (χ2n) is 7.03. The van der Waals surface area contributed by atoms with E-state index in [9.17, 15) is 0 Å². The van der Waals surface area contributed by atoms with Gasteiger partial charge in [0.25, 0.3) is 5.89 Å². The number of hydrogen-bond acceptors (Lipinski definition) is 6. The molecule has 0 spiro atoms. The van der Waals surface area contributed by atoms with Gasteiger partial charge in [0, 0.05) is 24.8 Å². The minimum absolute atomic E-state index is 0.415. The largest absolute Gasteiger partial charge is 0.356 e. The molecule has 4 rings (SSSR count). The molecular weight excluding hydrogens is 290 g/mol.